The lowest BCUT2D eigenvalue weighted by molar-refractivity contribution is 0.237. The topological polar surface area (TPSA) is 74.2 Å². The first-order chi connectivity index (χ1) is 10.1. The normalized spacial score (nSPS) is 14.3. The summed E-state index contributed by atoms with van der Waals surface area (Å²) in [5, 5.41) is 0. The molecule has 0 saturated heterocycles. The number of hydrogen-bond acceptors (Lipinski definition) is 4. The van der Waals surface area contributed by atoms with Crippen LogP contribution in [0.5, 0.6) is 5.75 Å². The van der Waals surface area contributed by atoms with Gasteiger partial charge in [0.2, 0.25) is 5.95 Å². The molecule has 0 bridgehead atoms. The standard InChI is InChI=1S/C16H18FN3O.2ClH/c17-15-14(11-2-1-3-12(19)6-11)7-13(8-20-15)21-10-16(9-18)4-5-16;;/h1-3,6-8H,4-5,9-10,18-19H2;2*1H. The van der Waals surface area contributed by atoms with E-state index in [1.807, 2.05) is 0 Å². The Balaban J connectivity index is 0.00000132. The van der Waals surface area contributed by atoms with Crippen molar-refractivity contribution < 1.29 is 9.13 Å². The van der Waals surface area contributed by atoms with Crippen LogP contribution in [0.2, 0.25) is 0 Å². The summed E-state index contributed by atoms with van der Waals surface area (Å²) in [5.74, 6) is 0.0152. The van der Waals surface area contributed by atoms with Crippen LogP contribution < -0.4 is 16.2 Å². The largest absolute Gasteiger partial charge is 0.491 e. The van der Waals surface area contributed by atoms with E-state index in [4.69, 9.17) is 16.2 Å². The van der Waals surface area contributed by atoms with Gasteiger partial charge in [0.1, 0.15) is 5.75 Å². The van der Waals surface area contributed by atoms with Crippen LogP contribution in [-0.4, -0.2) is 18.1 Å². The summed E-state index contributed by atoms with van der Waals surface area (Å²) in [5.41, 5.74) is 13.2. The molecule has 3 rings (SSSR count). The van der Waals surface area contributed by atoms with Gasteiger partial charge in [-0.15, -0.1) is 24.8 Å². The maximum absolute atomic E-state index is 13.9. The molecule has 1 saturated carbocycles. The first-order valence-electron chi connectivity index (χ1n) is 6.96. The number of hydrogen-bond donors (Lipinski definition) is 2. The Morgan fingerprint density at radius 2 is 1.96 bits per heavy atom. The van der Waals surface area contributed by atoms with Gasteiger partial charge in [-0.05, 0) is 36.6 Å². The summed E-state index contributed by atoms with van der Waals surface area (Å²) in [6, 6.07) is 8.71. The molecule has 0 atom stereocenters. The van der Waals surface area contributed by atoms with Crippen molar-refractivity contribution in [3.05, 3.63) is 42.5 Å². The predicted molar refractivity (Wildman–Crippen MR) is 94.8 cm³/mol. The molecule has 0 spiro atoms. The van der Waals surface area contributed by atoms with Gasteiger partial charge >= 0.3 is 0 Å². The van der Waals surface area contributed by atoms with Crippen molar-refractivity contribution in [1.29, 1.82) is 0 Å². The number of halogens is 3. The quantitative estimate of drug-likeness (QED) is 0.633. The van der Waals surface area contributed by atoms with E-state index in [-0.39, 0.29) is 30.2 Å². The van der Waals surface area contributed by atoms with E-state index >= 15 is 0 Å². The number of nitrogens with zero attached hydrogens (tertiary/aromatic N) is 1. The van der Waals surface area contributed by atoms with Crippen molar-refractivity contribution in [2.75, 3.05) is 18.9 Å². The molecule has 1 fully saturated rings. The summed E-state index contributed by atoms with van der Waals surface area (Å²) < 4.78 is 19.6. The lowest BCUT2D eigenvalue weighted by Crippen LogP contribution is -2.22. The molecule has 1 aliphatic rings. The van der Waals surface area contributed by atoms with Crippen molar-refractivity contribution in [2.45, 2.75) is 12.8 Å². The highest BCUT2D eigenvalue weighted by Gasteiger charge is 2.42. The van der Waals surface area contributed by atoms with Gasteiger partial charge in [-0.25, -0.2) is 4.98 Å². The second-order valence-electron chi connectivity index (χ2n) is 5.63. The van der Waals surface area contributed by atoms with Crippen LogP contribution in [0.1, 0.15) is 12.8 Å². The number of nitrogen functional groups attached to an aromatic ring is 1. The first-order valence-corrected chi connectivity index (χ1v) is 6.96. The van der Waals surface area contributed by atoms with Gasteiger partial charge in [0.25, 0.3) is 0 Å². The monoisotopic (exact) mass is 359 g/mol. The second kappa shape index (κ2) is 7.81. The van der Waals surface area contributed by atoms with E-state index in [1.165, 1.54) is 6.20 Å². The van der Waals surface area contributed by atoms with E-state index in [9.17, 15) is 4.39 Å². The molecule has 1 aromatic carbocycles. The summed E-state index contributed by atoms with van der Waals surface area (Å²) in [7, 11) is 0. The molecule has 0 unspecified atom stereocenters. The molecule has 4 nitrogen and oxygen atoms in total. The third-order valence-electron chi connectivity index (χ3n) is 3.95. The Morgan fingerprint density at radius 1 is 1.22 bits per heavy atom. The highest BCUT2D eigenvalue weighted by Crippen LogP contribution is 2.44. The fourth-order valence-corrected chi connectivity index (χ4v) is 2.24. The lowest BCUT2D eigenvalue weighted by Gasteiger charge is -2.14. The summed E-state index contributed by atoms with van der Waals surface area (Å²) in [6.07, 6.45) is 3.57. The SMILES string of the molecule is Cl.Cl.NCC1(COc2cnc(F)c(-c3cccc(N)c3)c2)CC1. The van der Waals surface area contributed by atoms with E-state index in [1.54, 1.807) is 30.3 Å². The van der Waals surface area contributed by atoms with Crippen LogP contribution in [0.3, 0.4) is 0 Å². The predicted octanol–water partition coefficient (Wildman–Crippen LogP) is 3.43. The highest BCUT2D eigenvalue weighted by atomic mass is 35.5. The van der Waals surface area contributed by atoms with E-state index in [0.717, 1.165) is 12.8 Å². The summed E-state index contributed by atoms with van der Waals surface area (Å²) in [4.78, 5) is 3.77. The van der Waals surface area contributed by atoms with Gasteiger partial charge in [-0.1, -0.05) is 12.1 Å². The van der Waals surface area contributed by atoms with Crippen molar-refractivity contribution in [1.82, 2.24) is 4.98 Å². The van der Waals surface area contributed by atoms with Gasteiger partial charge < -0.3 is 16.2 Å². The van der Waals surface area contributed by atoms with Gasteiger partial charge in [0, 0.05) is 23.2 Å². The Morgan fingerprint density at radius 3 is 2.57 bits per heavy atom. The molecule has 0 radical (unpaired) electrons. The maximum Gasteiger partial charge on any atom is 0.220 e. The fourth-order valence-electron chi connectivity index (χ4n) is 2.24. The van der Waals surface area contributed by atoms with Crippen LogP contribution in [-0.2, 0) is 0 Å². The molecular formula is C16H20Cl2FN3O. The minimum absolute atomic E-state index is 0. The average molecular weight is 360 g/mol. The van der Waals surface area contributed by atoms with E-state index in [0.29, 0.717) is 35.7 Å². The number of anilines is 1. The van der Waals surface area contributed by atoms with E-state index in [2.05, 4.69) is 4.98 Å². The van der Waals surface area contributed by atoms with Gasteiger partial charge in [0.15, 0.2) is 0 Å². The number of rotatable bonds is 5. The Bertz CT molecular complexity index is 666. The third-order valence-corrected chi connectivity index (χ3v) is 3.95. The highest BCUT2D eigenvalue weighted by molar-refractivity contribution is 5.85. The number of nitrogens with two attached hydrogens (primary N) is 2. The van der Waals surface area contributed by atoms with Crippen LogP contribution >= 0.6 is 24.8 Å². The molecule has 23 heavy (non-hydrogen) atoms. The summed E-state index contributed by atoms with van der Waals surface area (Å²) >= 11 is 0. The van der Waals surface area contributed by atoms with Crippen molar-refractivity contribution in [3.8, 4) is 16.9 Å². The molecule has 2 aromatic rings. The van der Waals surface area contributed by atoms with Gasteiger partial charge in [-0.3, -0.25) is 0 Å². The second-order valence-corrected chi connectivity index (χ2v) is 5.63. The van der Waals surface area contributed by atoms with Crippen molar-refractivity contribution in [3.63, 3.8) is 0 Å². The number of pyridine rings is 1. The molecule has 0 amide bonds. The molecule has 126 valence electrons. The smallest absolute Gasteiger partial charge is 0.220 e. The molecule has 1 heterocycles. The van der Waals surface area contributed by atoms with Crippen LogP contribution in [0.15, 0.2) is 36.5 Å². The molecular weight excluding hydrogens is 340 g/mol. The molecule has 1 aromatic heterocycles. The third kappa shape index (κ3) is 4.47. The number of benzene rings is 1. The lowest BCUT2D eigenvalue weighted by atomic mass is 10.1. The zero-order chi connectivity index (χ0) is 14.9. The zero-order valence-electron chi connectivity index (χ0n) is 12.5. The minimum Gasteiger partial charge on any atom is -0.491 e. The molecule has 0 aliphatic heterocycles. The van der Waals surface area contributed by atoms with Gasteiger partial charge in [0.05, 0.1) is 12.8 Å². The Hall–Kier alpha value is -1.56. The molecule has 4 N–H and O–H groups in total. The number of aromatic nitrogens is 1. The molecule has 7 heteroatoms. The van der Waals surface area contributed by atoms with Crippen LogP contribution in [0, 0.1) is 11.4 Å². The zero-order valence-corrected chi connectivity index (χ0v) is 14.1. The number of ether oxygens (including phenoxy) is 1. The molecule has 1 aliphatic carbocycles. The van der Waals surface area contributed by atoms with Crippen molar-refractivity contribution >= 4 is 30.5 Å². The first kappa shape index (κ1) is 19.5. The van der Waals surface area contributed by atoms with E-state index < -0.39 is 5.95 Å². The fraction of sp³-hybridized carbons (Fsp3) is 0.312. The summed E-state index contributed by atoms with van der Waals surface area (Å²) in [6.45, 7) is 1.16. The van der Waals surface area contributed by atoms with Gasteiger partial charge in [-0.2, -0.15) is 4.39 Å². The maximum atomic E-state index is 13.9. The van der Waals surface area contributed by atoms with Crippen molar-refractivity contribution in [2.24, 2.45) is 11.1 Å². The Labute approximate surface area is 147 Å². The average Bonchev–Trinajstić information content (AvgIpc) is 3.27. The Kier molecular flexibility index (Phi) is 6.62. The van der Waals surface area contributed by atoms with Crippen LogP contribution in [0.4, 0.5) is 10.1 Å². The van der Waals surface area contributed by atoms with Crippen LogP contribution in [0.25, 0.3) is 11.1 Å². The minimum atomic E-state index is -0.534.